The van der Waals surface area contributed by atoms with Crippen molar-refractivity contribution < 1.29 is 33.4 Å². The smallest absolute Gasteiger partial charge is 0.336 e. The van der Waals surface area contributed by atoms with E-state index in [0.29, 0.717) is 12.1 Å². The minimum Gasteiger partial charge on any atom is -0.428 e. The number of hydrogen-bond donors (Lipinski definition) is 1. The van der Waals surface area contributed by atoms with E-state index in [9.17, 15) is 19.2 Å². The van der Waals surface area contributed by atoms with E-state index in [4.69, 9.17) is 4.74 Å². The summed E-state index contributed by atoms with van der Waals surface area (Å²) in [6, 6.07) is 0. The molecule has 1 heterocycles. The molecule has 1 aliphatic heterocycles. The standard InChI is InChI=1S/C15H17NO7/c1-9(2)15(20)22-8-21-12(17)6-7-13(18)23-11-5-4-10(3)16-14(11)19/h5-7,9H,3-4,8H2,1-2H3,(H,16,19)/b7-6+. The molecule has 0 radical (unpaired) electrons. The van der Waals surface area contributed by atoms with Crippen molar-refractivity contribution in [1.29, 1.82) is 0 Å². The molecule has 1 amide bonds. The molecule has 0 atom stereocenters. The van der Waals surface area contributed by atoms with Crippen molar-refractivity contribution in [2.45, 2.75) is 20.3 Å². The van der Waals surface area contributed by atoms with Crippen LogP contribution in [0, 0.1) is 5.92 Å². The van der Waals surface area contributed by atoms with Crippen LogP contribution in [0.4, 0.5) is 0 Å². The number of rotatable bonds is 6. The predicted octanol–water partition coefficient (Wildman–Crippen LogP) is 0.703. The average Bonchev–Trinajstić information content (AvgIpc) is 2.47. The molecule has 0 aliphatic carbocycles. The molecule has 0 aromatic heterocycles. The fourth-order valence-corrected chi connectivity index (χ4v) is 1.31. The number of ether oxygens (including phenoxy) is 3. The summed E-state index contributed by atoms with van der Waals surface area (Å²) in [7, 11) is 0. The molecule has 1 aliphatic rings. The normalized spacial score (nSPS) is 14.3. The first kappa shape index (κ1) is 18.1. The first-order valence-corrected chi connectivity index (χ1v) is 6.72. The third-order valence-corrected chi connectivity index (χ3v) is 2.49. The Bertz CT molecular complexity index is 587. The van der Waals surface area contributed by atoms with Crippen LogP contribution in [0.15, 0.2) is 36.3 Å². The Morgan fingerprint density at radius 1 is 1.26 bits per heavy atom. The van der Waals surface area contributed by atoms with Crippen molar-refractivity contribution in [2.24, 2.45) is 5.92 Å². The van der Waals surface area contributed by atoms with Gasteiger partial charge in [0, 0.05) is 24.3 Å². The maximum absolute atomic E-state index is 11.5. The summed E-state index contributed by atoms with van der Waals surface area (Å²) >= 11 is 0. The Hall–Kier alpha value is -2.90. The highest BCUT2D eigenvalue weighted by atomic mass is 16.7. The van der Waals surface area contributed by atoms with E-state index in [1.54, 1.807) is 13.8 Å². The minimum atomic E-state index is -0.921. The monoisotopic (exact) mass is 323 g/mol. The van der Waals surface area contributed by atoms with Gasteiger partial charge in [0.2, 0.25) is 6.79 Å². The average molecular weight is 323 g/mol. The van der Waals surface area contributed by atoms with Gasteiger partial charge in [-0.15, -0.1) is 0 Å². The highest BCUT2D eigenvalue weighted by Gasteiger charge is 2.18. The van der Waals surface area contributed by atoms with Gasteiger partial charge in [0.25, 0.3) is 5.91 Å². The van der Waals surface area contributed by atoms with Gasteiger partial charge in [-0.25, -0.2) is 9.59 Å². The number of nitrogens with one attached hydrogen (secondary N) is 1. The molecule has 0 aromatic rings. The van der Waals surface area contributed by atoms with Crippen LogP contribution in [0.2, 0.25) is 0 Å². The summed E-state index contributed by atoms with van der Waals surface area (Å²) in [6.07, 6.45) is 3.34. The number of esters is 3. The summed E-state index contributed by atoms with van der Waals surface area (Å²) in [5.41, 5.74) is 0.491. The van der Waals surface area contributed by atoms with Gasteiger partial charge in [0.1, 0.15) is 0 Å². The Kier molecular flexibility index (Phi) is 6.72. The summed E-state index contributed by atoms with van der Waals surface area (Å²) in [6.45, 7) is 6.27. The van der Waals surface area contributed by atoms with Crippen LogP contribution in [-0.2, 0) is 33.4 Å². The second kappa shape index (κ2) is 8.52. The molecule has 0 unspecified atom stereocenters. The Morgan fingerprint density at radius 2 is 1.91 bits per heavy atom. The number of hydrogen-bond acceptors (Lipinski definition) is 7. The molecule has 8 heteroatoms. The molecule has 23 heavy (non-hydrogen) atoms. The lowest BCUT2D eigenvalue weighted by molar-refractivity contribution is -0.166. The molecule has 0 saturated carbocycles. The van der Waals surface area contributed by atoms with Crippen LogP contribution in [0.5, 0.6) is 0 Å². The molecule has 0 aromatic carbocycles. The van der Waals surface area contributed by atoms with Crippen molar-refractivity contribution in [3.05, 3.63) is 36.3 Å². The van der Waals surface area contributed by atoms with Gasteiger partial charge in [-0.2, -0.15) is 0 Å². The van der Waals surface area contributed by atoms with Crippen molar-refractivity contribution >= 4 is 23.8 Å². The third-order valence-electron chi connectivity index (χ3n) is 2.49. The SMILES string of the molecule is C=C1CC=C(OC(=O)/C=C/C(=O)OCOC(=O)C(C)C)C(=O)N1. The lowest BCUT2D eigenvalue weighted by Crippen LogP contribution is -2.29. The number of amides is 1. The van der Waals surface area contributed by atoms with E-state index < -0.39 is 30.6 Å². The Morgan fingerprint density at radius 3 is 2.52 bits per heavy atom. The van der Waals surface area contributed by atoms with E-state index in [0.717, 1.165) is 12.2 Å². The van der Waals surface area contributed by atoms with Crippen molar-refractivity contribution in [1.82, 2.24) is 5.32 Å². The molecule has 0 bridgehead atoms. The second-order valence-corrected chi connectivity index (χ2v) is 4.78. The van der Waals surface area contributed by atoms with Crippen LogP contribution in [0.25, 0.3) is 0 Å². The molecule has 1 N–H and O–H groups in total. The maximum Gasteiger partial charge on any atom is 0.336 e. The first-order chi connectivity index (χ1) is 10.8. The fraction of sp³-hybridized carbons (Fsp3) is 0.333. The topological polar surface area (TPSA) is 108 Å². The van der Waals surface area contributed by atoms with Crippen LogP contribution < -0.4 is 5.32 Å². The van der Waals surface area contributed by atoms with Crippen LogP contribution in [0.3, 0.4) is 0 Å². The maximum atomic E-state index is 11.5. The number of carbonyl (C=O) groups is 4. The van der Waals surface area contributed by atoms with Gasteiger partial charge in [-0.3, -0.25) is 9.59 Å². The quantitative estimate of drug-likeness (QED) is 0.435. The number of allylic oxidation sites excluding steroid dienone is 1. The van der Waals surface area contributed by atoms with Crippen molar-refractivity contribution in [3.8, 4) is 0 Å². The van der Waals surface area contributed by atoms with Gasteiger partial charge in [-0.05, 0) is 6.08 Å². The molecule has 124 valence electrons. The van der Waals surface area contributed by atoms with Crippen LogP contribution in [-0.4, -0.2) is 30.6 Å². The van der Waals surface area contributed by atoms with Crippen LogP contribution >= 0.6 is 0 Å². The second-order valence-electron chi connectivity index (χ2n) is 4.78. The van der Waals surface area contributed by atoms with E-state index in [-0.39, 0.29) is 11.7 Å². The zero-order valence-electron chi connectivity index (χ0n) is 12.8. The molecule has 0 saturated heterocycles. The fourth-order valence-electron chi connectivity index (χ4n) is 1.31. The lowest BCUT2D eigenvalue weighted by Gasteiger charge is -2.14. The predicted molar refractivity (Wildman–Crippen MR) is 77.1 cm³/mol. The molecule has 1 rings (SSSR count). The largest absolute Gasteiger partial charge is 0.428 e. The highest BCUT2D eigenvalue weighted by Crippen LogP contribution is 2.10. The molecular weight excluding hydrogens is 306 g/mol. The van der Waals surface area contributed by atoms with Crippen molar-refractivity contribution in [2.75, 3.05) is 6.79 Å². The Labute approximate surface area is 132 Å². The van der Waals surface area contributed by atoms with Gasteiger partial charge >= 0.3 is 17.9 Å². The summed E-state index contributed by atoms with van der Waals surface area (Å²) in [4.78, 5) is 45.3. The zero-order chi connectivity index (χ0) is 17.4. The van der Waals surface area contributed by atoms with Gasteiger partial charge in [0.15, 0.2) is 5.76 Å². The first-order valence-electron chi connectivity index (χ1n) is 6.72. The minimum absolute atomic E-state index is 0.175. The summed E-state index contributed by atoms with van der Waals surface area (Å²) in [5.74, 6) is -3.44. The highest BCUT2D eigenvalue weighted by molar-refractivity contribution is 5.98. The van der Waals surface area contributed by atoms with Gasteiger partial charge in [0.05, 0.1) is 5.92 Å². The summed E-state index contributed by atoms with van der Waals surface area (Å²) < 4.78 is 13.9. The van der Waals surface area contributed by atoms with E-state index in [2.05, 4.69) is 21.4 Å². The van der Waals surface area contributed by atoms with E-state index >= 15 is 0 Å². The summed E-state index contributed by atoms with van der Waals surface area (Å²) in [5, 5.41) is 2.40. The Balaban J connectivity index is 2.37. The zero-order valence-corrected chi connectivity index (χ0v) is 12.8. The lowest BCUT2D eigenvalue weighted by atomic mass is 10.2. The van der Waals surface area contributed by atoms with E-state index in [1.165, 1.54) is 6.08 Å². The number of carbonyl (C=O) groups excluding carboxylic acids is 4. The molecule has 0 fully saturated rings. The third kappa shape index (κ3) is 6.60. The van der Waals surface area contributed by atoms with Crippen LogP contribution in [0.1, 0.15) is 20.3 Å². The molecular formula is C15H17NO7. The molecule has 8 nitrogen and oxygen atoms in total. The van der Waals surface area contributed by atoms with Gasteiger partial charge < -0.3 is 19.5 Å². The van der Waals surface area contributed by atoms with Gasteiger partial charge in [-0.1, -0.05) is 20.4 Å². The van der Waals surface area contributed by atoms with Crippen molar-refractivity contribution in [3.63, 3.8) is 0 Å². The molecule has 0 spiro atoms. The van der Waals surface area contributed by atoms with E-state index in [1.807, 2.05) is 0 Å².